The normalized spacial score (nSPS) is 11.1. The van der Waals surface area contributed by atoms with E-state index in [2.05, 4.69) is 20.2 Å². The van der Waals surface area contributed by atoms with Crippen molar-refractivity contribution in [3.8, 4) is 11.4 Å². The molecule has 5 rings (SSSR count). The number of ether oxygens (including phenoxy) is 1. The predicted octanol–water partition coefficient (Wildman–Crippen LogP) is 5.67. The minimum atomic E-state index is 0.286. The van der Waals surface area contributed by atoms with Gasteiger partial charge >= 0.3 is 0 Å². The number of rotatable bonds is 7. The van der Waals surface area contributed by atoms with Crippen LogP contribution in [0.15, 0.2) is 84.0 Å². The van der Waals surface area contributed by atoms with Gasteiger partial charge in [-0.05, 0) is 48.5 Å². The van der Waals surface area contributed by atoms with Crippen molar-refractivity contribution in [2.75, 3.05) is 0 Å². The summed E-state index contributed by atoms with van der Waals surface area (Å²) in [6, 6.07) is 25.3. The fraction of sp³-hybridized carbons (Fsp3) is 0.0870. The van der Waals surface area contributed by atoms with Crippen LogP contribution in [0.1, 0.15) is 11.6 Å². The van der Waals surface area contributed by atoms with Crippen LogP contribution in [0.5, 0.6) is 5.75 Å². The second-order valence-electron chi connectivity index (χ2n) is 6.80. The minimum Gasteiger partial charge on any atom is -0.486 e. The largest absolute Gasteiger partial charge is 0.486 e. The highest BCUT2D eigenvalue weighted by Gasteiger charge is 2.16. The van der Waals surface area contributed by atoms with Crippen LogP contribution >= 0.6 is 23.4 Å². The third-order valence-electron chi connectivity index (χ3n) is 4.67. The molecule has 2 heterocycles. The average Bonchev–Trinajstić information content (AvgIpc) is 3.41. The van der Waals surface area contributed by atoms with Gasteiger partial charge in [0.1, 0.15) is 18.2 Å². The van der Waals surface area contributed by atoms with Crippen molar-refractivity contribution >= 4 is 34.4 Å². The molecular weight excluding hydrogens is 430 g/mol. The maximum atomic E-state index is 5.96. The number of para-hydroxylation sites is 3. The number of halogens is 1. The third-order valence-corrected chi connectivity index (χ3v) is 5.86. The molecule has 8 heteroatoms. The number of hydrogen-bond acceptors (Lipinski definition) is 5. The Morgan fingerprint density at radius 3 is 2.48 bits per heavy atom. The highest BCUT2D eigenvalue weighted by Crippen LogP contribution is 2.26. The Morgan fingerprint density at radius 1 is 0.903 bits per heavy atom. The van der Waals surface area contributed by atoms with E-state index >= 15 is 0 Å². The fourth-order valence-corrected chi connectivity index (χ4v) is 4.18. The lowest BCUT2D eigenvalue weighted by molar-refractivity contribution is 0.293. The van der Waals surface area contributed by atoms with Gasteiger partial charge < -0.3 is 9.72 Å². The number of benzene rings is 3. The summed E-state index contributed by atoms with van der Waals surface area (Å²) in [6.07, 6.45) is 0. The number of aromatic nitrogens is 5. The maximum absolute atomic E-state index is 5.96. The summed E-state index contributed by atoms with van der Waals surface area (Å²) in [7, 11) is 0. The van der Waals surface area contributed by atoms with Gasteiger partial charge in [0.25, 0.3) is 0 Å². The zero-order valence-electron chi connectivity index (χ0n) is 16.4. The van der Waals surface area contributed by atoms with Crippen molar-refractivity contribution in [1.29, 1.82) is 0 Å². The van der Waals surface area contributed by atoms with E-state index < -0.39 is 0 Å². The molecule has 0 aliphatic heterocycles. The number of aromatic amines is 1. The Balaban J connectivity index is 1.39. The van der Waals surface area contributed by atoms with Crippen LogP contribution in [0.2, 0.25) is 5.02 Å². The molecule has 0 bridgehead atoms. The van der Waals surface area contributed by atoms with Crippen molar-refractivity contribution < 1.29 is 4.74 Å². The van der Waals surface area contributed by atoms with Crippen LogP contribution in [-0.4, -0.2) is 24.7 Å². The molecule has 0 unspecified atom stereocenters. The highest BCUT2D eigenvalue weighted by molar-refractivity contribution is 7.98. The summed E-state index contributed by atoms with van der Waals surface area (Å²) >= 11 is 7.53. The fourth-order valence-electron chi connectivity index (χ4n) is 3.21. The number of H-pyrrole nitrogens is 1. The van der Waals surface area contributed by atoms with E-state index in [0.717, 1.165) is 33.5 Å². The van der Waals surface area contributed by atoms with E-state index in [4.69, 9.17) is 16.3 Å². The molecule has 2 aromatic heterocycles. The van der Waals surface area contributed by atoms with Crippen LogP contribution in [-0.2, 0) is 12.4 Å². The number of hydrogen-bond donors (Lipinski definition) is 1. The van der Waals surface area contributed by atoms with E-state index in [1.807, 2.05) is 71.3 Å². The minimum absolute atomic E-state index is 0.286. The molecule has 31 heavy (non-hydrogen) atoms. The van der Waals surface area contributed by atoms with Gasteiger partial charge in [0.2, 0.25) is 0 Å². The van der Waals surface area contributed by atoms with Crippen LogP contribution in [0.4, 0.5) is 0 Å². The first kappa shape index (κ1) is 19.7. The molecule has 0 fully saturated rings. The average molecular weight is 448 g/mol. The number of fused-ring (bicyclic) bond motifs is 1. The molecule has 0 atom stereocenters. The van der Waals surface area contributed by atoms with Crippen molar-refractivity contribution in [2.24, 2.45) is 0 Å². The summed E-state index contributed by atoms with van der Waals surface area (Å²) < 4.78 is 7.93. The molecule has 0 radical (unpaired) electrons. The molecule has 0 amide bonds. The monoisotopic (exact) mass is 447 g/mol. The number of nitrogens with zero attached hydrogens (tertiary/aromatic N) is 4. The van der Waals surface area contributed by atoms with E-state index in [9.17, 15) is 0 Å². The molecule has 0 spiro atoms. The smallest absolute Gasteiger partial charge is 0.196 e. The van der Waals surface area contributed by atoms with Crippen LogP contribution in [0, 0.1) is 0 Å². The van der Waals surface area contributed by atoms with Gasteiger partial charge in [-0.1, -0.05) is 53.7 Å². The van der Waals surface area contributed by atoms with Gasteiger partial charge in [-0.15, -0.1) is 10.2 Å². The molecule has 0 saturated heterocycles. The quantitative estimate of drug-likeness (QED) is 0.325. The first-order valence-corrected chi connectivity index (χ1v) is 11.1. The van der Waals surface area contributed by atoms with Gasteiger partial charge in [0, 0.05) is 10.7 Å². The lowest BCUT2D eigenvalue weighted by atomic mass is 10.3. The van der Waals surface area contributed by atoms with Crippen LogP contribution < -0.4 is 4.74 Å². The van der Waals surface area contributed by atoms with Gasteiger partial charge in [0.15, 0.2) is 11.0 Å². The van der Waals surface area contributed by atoms with Gasteiger partial charge in [-0.25, -0.2) is 4.98 Å². The second-order valence-corrected chi connectivity index (χ2v) is 8.18. The molecule has 1 N–H and O–H groups in total. The summed E-state index contributed by atoms with van der Waals surface area (Å²) in [5, 5.41) is 10.3. The lowest BCUT2D eigenvalue weighted by Gasteiger charge is -2.11. The number of nitrogens with one attached hydrogen (secondary N) is 1. The molecule has 154 valence electrons. The first-order chi connectivity index (χ1) is 15.3. The summed E-state index contributed by atoms with van der Waals surface area (Å²) in [4.78, 5) is 8.01. The van der Waals surface area contributed by atoms with Crippen molar-refractivity contribution in [2.45, 2.75) is 17.5 Å². The van der Waals surface area contributed by atoms with E-state index in [1.165, 1.54) is 0 Å². The third kappa shape index (κ3) is 4.42. The number of imidazole rings is 1. The topological polar surface area (TPSA) is 68.6 Å². The predicted molar refractivity (Wildman–Crippen MR) is 123 cm³/mol. The van der Waals surface area contributed by atoms with E-state index in [1.54, 1.807) is 23.9 Å². The summed E-state index contributed by atoms with van der Waals surface area (Å²) in [5.74, 6) is 2.99. The summed E-state index contributed by atoms with van der Waals surface area (Å²) in [6.45, 7) is 0.286. The van der Waals surface area contributed by atoms with Gasteiger partial charge in [-0.2, -0.15) is 0 Å². The number of thioether (sulfide) groups is 1. The van der Waals surface area contributed by atoms with Crippen molar-refractivity contribution in [3.05, 3.63) is 95.5 Å². The van der Waals surface area contributed by atoms with E-state index in [-0.39, 0.29) is 6.61 Å². The Labute approximate surface area is 188 Å². The van der Waals surface area contributed by atoms with Crippen molar-refractivity contribution in [1.82, 2.24) is 24.7 Å². The molecule has 6 nitrogen and oxygen atoms in total. The zero-order valence-corrected chi connectivity index (χ0v) is 18.0. The van der Waals surface area contributed by atoms with Crippen LogP contribution in [0.3, 0.4) is 0 Å². The molecule has 0 saturated carbocycles. The second kappa shape index (κ2) is 8.83. The van der Waals surface area contributed by atoms with Crippen molar-refractivity contribution in [3.63, 3.8) is 0 Å². The molecule has 0 aliphatic carbocycles. The lowest BCUT2D eigenvalue weighted by Crippen LogP contribution is -2.06. The molecular formula is C23H18ClN5OS. The molecule has 0 aliphatic rings. The summed E-state index contributed by atoms with van der Waals surface area (Å²) in [5.41, 5.74) is 2.97. The molecule has 3 aromatic carbocycles. The first-order valence-electron chi connectivity index (χ1n) is 9.71. The van der Waals surface area contributed by atoms with Gasteiger partial charge in [-0.3, -0.25) is 4.57 Å². The Hall–Kier alpha value is -3.29. The standard InChI is InChI=1S/C23H18ClN5OS/c24-16-10-12-18(13-11-16)30-14-22-27-28-23(29(22)17-6-2-1-3-7-17)31-15-21-25-19-8-4-5-9-20(19)26-21/h1-13H,14-15H2,(H,25,26). The highest BCUT2D eigenvalue weighted by atomic mass is 35.5. The Morgan fingerprint density at radius 2 is 1.68 bits per heavy atom. The molecule has 5 aromatic rings. The Bertz CT molecular complexity index is 1270. The maximum Gasteiger partial charge on any atom is 0.196 e. The van der Waals surface area contributed by atoms with E-state index in [0.29, 0.717) is 16.6 Å². The Kier molecular flexibility index (Phi) is 5.60. The zero-order chi connectivity index (χ0) is 21.0. The SMILES string of the molecule is Clc1ccc(OCc2nnc(SCc3nc4ccccc4[nH]3)n2-c2ccccc2)cc1. The van der Waals surface area contributed by atoms with Gasteiger partial charge in [0.05, 0.1) is 16.8 Å². The van der Waals surface area contributed by atoms with Crippen LogP contribution in [0.25, 0.3) is 16.7 Å².